The zero-order valence-electron chi connectivity index (χ0n) is 10.9. The zero-order valence-corrected chi connectivity index (χ0v) is 10.9. The van der Waals surface area contributed by atoms with Crippen molar-refractivity contribution in [2.75, 3.05) is 13.1 Å². The Kier molecular flexibility index (Phi) is 4.60. The van der Waals surface area contributed by atoms with Gasteiger partial charge in [0.05, 0.1) is 0 Å². The van der Waals surface area contributed by atoms with E-state index < -0.39 is 0 Å². The van der Waals surface area contributed by atoms with Crippen LogP contribution in [0.25, 0.3) is 0 Å². The second kappa shape index (κ2) is 5.31. The molecule has 0 aliphatic carbocycles. The van der Waals surface area contributed by atoms with Gasteiger partial charge in [-0.05, 0) is 51.5 Å². The second-order valence-electron chi connectivity index (χ2n) is 5.49. The van der Waals surface area contributed by atoms with Gasteiger partial charge in [-0.15, -0.1) is 0 Å². The van der Waals surface area contributed by atoms with E-state index in [1.807, 2.05) is 0 Å². The third-order valence-corrected chi connectivity index (χ3v) is 4.30. The van der Waals surface area contributed by atoms with Gasteiger partial charge in [0.2, 0.25) is 0 Å². The Morgan fingerprint density at radius 3 is 2.27 bits per heavy atom. The van der Waals surface area contributed by atoms with Crippen molar-refractivity contribution in [3.8, 4) is 0 Å². The number of hydrogen-bond donors (Lipinski definition) is 1. The summed E-state index contributed by atoms with van der Waals surface area (Å²) in [6, 6.07) is 0.989. The van der Waals surface area contributed by atoms with Crippen LogP contribution in [0.2, 0.25) is 0 Å². The van der Waals surface area contributed by atoms with Crippen LogP contribution in [0.5, 0.6) is 0 Å². The van der Waals surface area contributed by atoms with E-state index in [1.54, 1.807) is 0 Å². The molecule has 2 N–H and O–H groups in total. The molecule has 1 rings (SSSR count). The summed E-state index contributed by atoms with van der Waals surface area (Å²) in [5.74, 6) is 0. The molecule has 1 aliphatic rings. The molecule has 0 spiro atoms. The van der Waals surface area contributed by atoms with Crippen LogP contribution in [-0.4, -0.2) is 30.1 Å². The molecule has 0 radical (unpaired) electrons. The van der Waals surface area contributed by atoms with Crippen LogP contribution in [0, 0.1) is 5.41 Å². The molecule has 1 fully saturated rings. The summed E-state index contributed by atoms with van der Waals surface area (Å²) in [6.45, 7) is 11.7. The number of hydrogen-bond acceptors (Lipinski definition) is 2. The van der Waals surface area contributed by atoms with Gasteiger partial charge < -0.3 is 10.6 Å². The molecule has 15 heavy (non-hydrogen) atoms. The molecule has 0 bridgehead atoms. The lowest BCUT2D eigenvalue weighted by atomic mass is 9.82. The highest BCUT2D eigenvalue weighted by atomic mass is 15.2. The third-order valence-electron chi connectivity index (χ3n) is 4.30. The maximum Gasteiger partial charge on any atom is 0.00817 e. The Bertz CT molecular complexity index is 185. The van der Waals surface area contributed by atoms with Crippen LogP contribution in [0.15, 0.2) is 0 Å². The molecule has 0 aromatic heterocycles. The number of likely N-dealkylation sites (tertiary alicyclic amines) is 1. The van der Waals surface area contributed by atoms with Crippen LogP contribution >= 0.6 is 0 Å². The van der Waals surface area contributed by atoms with E-state index in [-0.39, 0.29) is 0 Å². The van der Waals surface area contributed by atoms with E-state index in [1.165, 1.54) is 32.4 Å². The zero-order chi connectivity index (χ0) is 11.5. The minimum absolute atomic E-state index is 0.332. The molecule has 2 heteroatoms. The third kappa shape index (κ3) is 3.18. The lowest BCUT2D eigenvalue weighted by Gasteiger charge is -2.30. The average molecular weight is 212 g/mol. The Labute approximate surface area is 95.2 Å². The molecule has 0 aromatic rings. The molecule has 0 aromatic carbocycles. The summed E-state index contributed by atoms with van der Waals surface area (Å²) in [4.78, 5) is 2.64. The van der Waals surface area contributed by atoms with Crippen LogP contribution in [0.1, 0.15) is 53.4 Å². The molecule has 1 heterocycles. The molecule has 2 unspecified atom stereocenters. The second-order valence-corrected chi connectivity index (χ2v) is 5.49. The van der Waals surface area contributed by atoms with Gasteiger partial charge in [-0.25, -0.2) is 0 Å². The summed E-state index contributed by atoms with van der Waals surface area (Å²) in [5, 5.41) is 0. The Morgan fingerprint density at radius 1 is 1.27 bits per heavy atom. The molecule has 90 valence electrons. The van der Waals surface area contributed by atoms with Crippen LogP contribution in [-0.2, 0) is 0 Å². The first-order valence-corrected chi connectivity index (χ1v) is 6.52. The van der Waals surface area contributed by atoms with Crippen molar-refractivity contribution in [3.63, 3.8) is 0 Å². The van der Waals surface area contributed by atoms with Crippen LogP contribution in [0.3, 0.4) is 0 Å². The predicted octanol–water partition coefficient (Wildman–Crippen LogP) is 2.62. The highest BCUT2D eigenvalue weighted by Crippen LogP contribution is 2.38. The summed E-state index contributed by atoms with van der Waals surface area (Å²) in [6.07, 6.45) is 5.16. The fourth-order valence-corrected chi connectivity index (χ4v) is 2.86. The number of rotatable bonds is 5. The highest BCUT2D eigenvalue weighted by Gasteiger charge is 2.36. The molecule has 2 nitrogen and oxygen atoms in total. The monoisotopic (exact) mass is 212 g/mol. The van der Waals surface area contributed by atoms with Crippen LogP contribution in [0.4, 0.5) is 0 Å². The van der Waals surface area contributed by atoms with Crippen molar-refractivity contribution in [1.82, 2.24) is 4.90 Å². The van der Waals surface area contributed by atoms with E-state index in [4.69, 9.17) is 5.73 Å². The summed E-state index contributed by atoms with van der Waals surface area (Å²) in [7, 11) is 0. The van der Waals surface area contributed by atoms with Crippen molar-refractivity contribution in [2.45, 2.75) is 65.5 Å². The molecular weight excluding hydrogens is 184 g/mol. The lowest BCUT2D eigenvalue weighted by Crippen LogP contribution is -2.37. The average Bonchev–Trinajstić information content (AvgIpc) is 2.62. The standard InChI is InChI=1S/C13H28N2/c1-5-13(6-2)7-8-15(10-13)12(4)9-11(3)14/h11-12H,5-10,14H2,1-4H3. The normalized spacial score (nSPS) is 25.4. The molecule has 0 saturated carbocycles. The van der Waals surface area contributed by atoms with E-state index in [2.05, 4.69) is 32.6 Å². The van der Waals surface area contributed by atoms with Gasteiger partial charge in [0.15, 0.2) is 0 Å². The SMILES string of the molecule is CCC1(CC)CCN(C(C)CC(C)N)C1. The van der Waals surface area contributed by atoms with E-state index in [0.29, 0.717) is 17.5 Å². The van der Waals surface area contributed by atoms with Crippen molar-refractivity contribution in [3.05, 3.63) is 0 Å². The topological polar surface area (TPSA) is 29.3 Å². The summed E-state index contributed by atoms with van der Waals surface area (Å²) < 4.78 is 0. The maximum atomic E-state index is 5.87. The minimum Gasteiger partial charge on any atom is -0.328 e. The van der Waals surface area contributed by atoms with Gasteiger partial charge in [0.1, 0.15) is 0 Å². The molecule has 2 atom stereocenters. The summed E-state index contributed by atoms with van der Waals surface area (Å²) >= 11 is 0. The van der Waals surface area contributed by atoms with Gasteiger partial charge in [-0.3, -0.25) is 0 Å². The predicted molar refractivity (Wildman–Crippen MR) is 66.9 cm³/mol. The maximum absolute atomic E-state index is 5.87. The van der Waals surface area contributed by atoms with Crippen LogP contribution < -0.4 is 5.73 Å². The van der Waals surface area contributed by atoms with Gasteiger partial charge in [0, 0.05) is 18.6 Å². The largest absolute Gasteiger partial charge is 0.328 e. The molecular formula is C13H28N2. The van der Waals surface area contributed by atoms with Crippen molar-refractivity contribution < 1.29 is 0 Å². The van der Waals surface area contributed by atoms with Crippen molar-refractivity contribution >= 4 is 0 Å². The van der Waals surface area contributed by atoms with Gasteiger partial charge >= 0.3 is 0 Å². The number of nitrogens with two attached hydrogens (primary N) is 1. The van der Waals surface area contributed by atoms with Crippen molar-refractivity contribution in [2.24, 2.45) is 11.1 Å². The number of nitrogens with zero attached hydrogens (tertiary/aromatic N) is 1. The van der Waals surface area contributed by atoms with Gasteiger partial charge in [-0.2, -0.15) is 0 Å². The van der Waals surface area contributed by atoms with Gasteiger partial charge in [-0.1, -0.05) is 13.8 Å². The fourth-order valence-electron chi connectivity index (χ4n) is 2.86. The minimum atomic E-state index is 0.332. The quantitative estimate of drug-likeness (QED) is 0.759. The first-order chi connectivity index (χ1) is 7.03. The lowest BCUT2D eigenvalue weighted by molar-refractivity contribution is 0.192. The van der Waals surface area contributed by atoms with E-state index in [9.17, 15) is 0 Å². The van der Waals surface area contributed by atoms with E-state index >= 15 is 0 Å². The smallest absolute Gasteiger partial charge is 0.00817 e. The first kappa shape index (κ1) is 13.0. The Morgan fingerprint density at radius 2 is 1.87 bits per heavy atom. The molecule has 1 saturated heterocycles. The highest BCUT2D eigenvalue weighted by molar-refractivity contribution is 4.90. The van der Waals surface area contributed by atoms with Crippen molar-refractivity contribution in [1.29, 1.82) is 0 Å². The molecule has 0 amide bonds. The Hall–Kier alpha value is -0.0800. The molecule has 1 aliphatic heterocycles. The van der Waals surface area contributed by atoms with Gasteiger partial charge in [0.25, 0.3) is 0 Å². The first-order valence-electron chi connectivity index (χ1n) is 6.52. The fraction of sp³-hybridized carbons (Fsp3) is 1.00. The Balaban J connectivity index is 2.47. The summed E-state index contributed by atoms with van der Waals surface area (Å²) in [5.41, 5.74) is 6.47. The van der Waals surface area contributed by atoms with E-state index in [0.717, 1.165) is 6.42 Å².